The molecule has 1 aliphatic heterocycles. The van der Waals surface area contributed by atoms with Crippen LogP contribution in [0.15, 0.2) is 23.8 Å². The van der Waals surface area contributed by atoms with E-state index in [1.165, 1.54) is 0 Å². The summed E-state index contributed by atoms with van der Waals surface area (Å²) in [7, 11) is 0. The third kappa shape index (κ3) is 2.45. The van der Waals surface area contributed by atoms with Crippen LogP contribution in [-0.4, -0.2) is 17.5 Å². The topological polar surface area (TPSA) is 89.3 Å². The molecule has 0 atom stereocenters. The van der Waals surface area contributed by atoms with Crippen LogP contribution in [0.2, 0.25) is 0 Å². The number of carbonyl (C=O) groups excluding carboxylic acids is 1. The fraction of sp³-hybridized carbons (Fsp3) is 0.167. The average molecular weight is 276 g/mol. The van der Waals surface area contributed by atoms with Gasteiger partial charge in [0.2, 0.25) is 0 Å². The van der Waals surface area contributed by atoms with Crippen LogP contribution in [0, 0.1) is 0 Å². The summed E-state index contributed by atoms with van der Waals surface area (Å²) in [5, 5.41) is 5.97. The van der Waals surface area contributed by atoms with Gasteiger partial charge >= 0.3 is 0 Å². The van der Waals surface area contributed by atoms with E-state index in [1.54, 1.807) is 35.2 Å². The molecule has 0 saturated heterocycles. The molecule has 7 heteroatoms. The Balaban J connectivity index is 1.81. The van der Waals surface area contributed by atoms with Gasteiger partial charge in [-0.15, -0.1) is 11.3 Å². The quantitative estimate of drug-likeness (QED) is 0.742. The number of ether oxygens (including phenoxy) is 1. The predicted octanol–water partition coefficient (Wildman–Crippen LogP) is 1.67. The van der Waals surface area contributed by atoms with E-state index in [0.717, 1.165) is 10.6 Å². The van der Waals surface area contributed by atoms with E-state index in [4.69, 9.17) is 10.5 Å². The smallest absolute Gasteiger partial charge is 0.262 e. The van der Waals surface area contributed by atoms with Crippen molar-refractivity contribution in [3.63, 3.8) is 0 Å². The number of thiazole rings is 1. The van der Waals surface area contributed by atoms with E-state index >= 15 is 0 Å². The van der Waals surface area contributed by atoms with Gasteiger partial charge in [0.25, 0.3) is 5.91 Å². The normalized spacial score (nSPS) is 13.4. The molecule has 0 spiro atoms. The number of nitrogen functional groups attached to an aromatic ring is 1. The van der Waals surface area contributed by atoms with Crippen LogP contribution in [0.5, 0.6) is 5.75 Å². The number of carbonyl (C=O) groups is 1. The van der Waals surface area contributed by atoms with Crippen LogP contribution in [-0.2, 0) is 11.3 Å². The maximum absolute atomic E-state index is 11.3. The largest absolute Gasteiger partial charge is 0.482 e. The summed E-state index contributed by atoms with van der Waals surface area (Å²) >= 11 is 1.57. The van der Waals surface area contributed by atoms with E-state index in [1.807, 2.05) is 0 Å². The molecule has 3 rings (SSSR count). The minimum atomic E-state index is -0.161. The van der Waals surface area contributed by atoms with Gasteiger partial charge in [-0.1, -0.05) is 0 Å². The lowest BCUT2D eigenvalue weighted by Crippen LogP contribution is -2.25. The van der Waals surface area contributed by atoms with Crippen molar-refractivity contribution >= 4 is 34.3 Å². The molecule has 0 unspecified atom stereocenters. The van der Waals surface area contributed by atoms with Gasteiger partial charge in [-0.3, -0.25) is 9.78 Å². The summed E-state index contributed by atoms with van der Waals surface area (Å²) in [6.45, 7) is 0.669. The van der Waals surface area contributed by atoms with Crippen molar-refractivity contribution in [1.29, 1.82) is 0 Å². The van der Waals surface area contributed by atoms with Gasteiger partial charge in [0.1, 0.15) is 5.75 Å². The fourth-order valence-electron chi connectivity index (χ4n) is 1.81. The second-order valence-electron chi connectivity index (χ2n) is 4.09. The Bertz CT molecular complexity index is 612. The van der Waals surface area contributed by atoms with E-state index in [2.05, 4.69) is 15.6 Å². The first-order valence-electron chi connectivity index (χ1n) is 5.70. The number of nitrogens with one attached hydrogen (secondary N) is 2. The Hall–Kier alpha value is -2.28. The number of hydrogen-bond acceptors (Lipinski definition) is 6. The van der Waals surface area contributed by atoms with Gasteiger partial charge in [-0.05, 0) is 6.07 Å². The van der Waals surface area contributed by atoms with Gasteiger partial charge in [0.05, 0.1) is 29.1 Å². The Morgan fingerprint density at radius 1 is 1.53 bits per heavy atom. The Kier molecular flexibility index (Phi) is 2.96. The Labute approximate surface area is 113 Å². The summed E-state index contributed by atoms with van der Waals surface area (Å²) < 4.78 is 5.29. The van der Waals surface area contributed by atoms with E-state index in [0.29, 0.717) is 23.7 Å². The molecule has 19 heavy (non-hydrogen) atoms. The number of rotatable bonds is 3. The van der Waals surface area contributed by atoms with Crippen molar-refractivity contribution in [2.24, 2.45) is 0 Å². The van der Waals surface area contributed by atoms with Gasteiger partial charge in [0, 0.05) is 17.1 Å². The van der Waals surface area contributed by atoms with Gasteiger partial charge in [0.15, 0.2) is 6.61 Å². The SMILES string of the molecule is Nc1cc2c(cc1NCc1cncs1)NC(=O)CO2. The van der Waals surface area contributed by atoms with Crippen LogP contribution in [0.25, 0.3) is 0 Å². The molecular weight excluding hydrogens is 264 g/mol. The molecule has 2 aromatic rings. The summed E-state index contributed by atoms with van der Waals surface area (Å²) in [6, 6.07) is 3.49. The van der Waals surface area contributed by atoms with Crippen molar-refractivity contribution in [3.05, 3.63) is 28.7 Å². The average Bonchev–Trinajstić information content (AvgIpc) is 2.90. The first kappa shape index (κ1) is 11.8. The maximum Gasteiger partial charge on any atom is 0.262 e. The molecule has 1 aliphatic rings. The van der Waals surface area contributed by atoms with Crippen LogP contribution in [0.3, 0.4) is 0 Å². The highest BCUT2D eigenvalue weighted by molar-refractivity contribution is 7.09. The monoisotopic (exact) mass is 276 g/mol. The molecule has 1 amide bonds. The Morgan fingerprint density at radius 3 is 3.21 bits per heavy atom. The number of anilines is 3. The summed E-state index contributed by atoms with van der Waals surface area (Å²) in [5.74, 6) is 0.436. The number of aromatic nitrogens is 1. The number of amides is 1. The van der Waals surface area contributed by atoms with Crippen LogP contribution in [0.4, 0.5) is 17.1 Å². The molecule has 0 saturated carbocycles. The van der Waals surface area contributed by atoms with Gasteiger partial charge in [-0.25, -0.2) is 0 Å². The number of hydrogen-bond donors (Lipinski definition) is 3. The molecule has 0 fully saturated rings. The number of benzene rings is 1. The molecular formula is C12H12N4O2S. The molecule has 1 aromatic heterocycles. The van der Waals surface area contributed by atoms with Gasteiger partial charge in [-0.2, -0.15) is 0 Å². The molecule has 0 radical (unpaired) electrons. The maximum atomic E-state index is 11.3. The summed E-state index contributed by atoms with van der Waals surface area (Å²) in [4.78, 5) is 16.4. The zero-order chi connectivity index (χ0) is 13.2. The molecule has 1 aromatic carbocycles. The van der Waals surface area contributed by atoms with Crippen molar-refractivity contribution in [3.8, 4) is 5.75 Å². The van der Waals surface area contributed by atoms with Crippen LogP contribution < -0.4 is 21.1 Å². The number of nitrogens with two attached hydrogens (primary N) is 1. The van der Waals surface area contributed by atoms with E-state index in [-0.39, 0.29) is 12.5 Å². The molecule has 0 bridgehead atoms. The molecule has 4 N–H and O–H groups in total. The lowest BCUT2D eigenvalue weighted by molar-refractivity contribution is -0.118. The lowest BCUT2D eigenvalue weighted by Gasteiger charge is -2.20. The van der Waals surface area contributed by atoms with Crippen LogP contribution in [0.1, 0.15) is 4.88 Å². The zero-order valence-electron chi connectivity index (χ0n) is 9.97. The van der Waals surface area contributed by atoms with Gasteiger partial charge < -0.3 is 21.1 Å². The fourth-order valence-corrected chi connectivity index (χ4v) is 2.34. The first-order valence-corrected chi connectivity index (χ1v) is 6.58. The highest BCUT2D eigenvalue weighted by Crippen LogP contribution is 2.35. The van der Waals surface area contributed by atoms with E-state index < -0.39 is 0 Å². The predicted molar refractivity (Wildman–Crippen MR) is 74.4 cm³/mol. The molecule has 2 heterocycles. The standard InChI is InChI=1S/C12H12N4O2S/c13-8-1-11-10(16-12(17)5-18-11)2-9(8)15-4-7-3-14-6-19-7/h1-3,6,15H,4-5,13H2,(H,16,17). The zero-order valence-corrected chi connectivity index (χ0v) is 10.8. The second kappa shape index (κ2) is 4.77. The first-order chi connectivity index (χ1) is 9.22. The summed E-state index contributed by atoms with van der Waals surface area (Å²) in [6.07, 6.45) is 1.80. The highest BCUT2D eigenvalue weighted by Gasteiger charge is 2.17. The third-order valence-electron chi connectivity index (χ3n) is 2.72. The lowest BCUT2D eigenvalue weighted by atomic mass is 10.2. The molecule has 98 valence electrons. The third-order valence-corrected chi connectivity index (χ3v) is 3.50. The van der Waals surface area contributed by atoms with E-state index in [9.17, 15) is 4.79 Å². The summed E-state index contributed by atoms with van der Waals surface area (Å²) in [5.41, 5.74) is 9.71. The van der Waals surface area contributed by atoms with Crippen LogP contribution >= 0.6 is 11.3 Å². The van der Waals surface area contributed by atoms with Crippen molar-refractivity contribution in [1.82, 2.24) is 4.98 Å². The van der Waals surface area contributed by atoms with Crippen molar-refractivity contribution in [2.75, 3.05) is 23.0 Å². The van der Waals surface area contributed by atoms with Crippen molar-refractivity contribution < 1.29 is 9.53 Å². The minimum absolute atomic E-state index is 0.0279. The highest BCUT2D eigenvalue weighted by atomic mass is 32.1. The minimum Gasteiger partial charge on any atom is -0.482 e. The number of fused-ring (bicyclic) bond motifs is 1. The van der Waals surface area contributed by atoms with Crippen molar-refractivity contribution in [2.45, 2.75) is 6.54 Å². The molecule has 6 nitrogen and oxygen atoms in total. The Morgan fingerprint density at radius 2 is 2.42 bits per heavy atom. The number of nitrogens with zero attached hydrogens (tertiary/aromatic N) is 1. The second-order valence-corrected chi connectivity index (χ2v) is 5.06. The molecule has 0 aliphatic carbocycles.